The van der Waals surface area contributed by atoms with Crippen LogP contribution < -0.4 is 0 Å². The molecule has 100 valence electrons. The van der Waals surface area contributed by atoms with Crippen molar-refractivity contribution in [3.05, 3.63) is 65.0 Å². The van der Waals surface area contributed by atoms with Crippen LogP contribution in [0.1, 0.15) is 28.4 Å². The van der Waals surface area contributed by atoms with E-state index in [1.54, 1.807) is 18.2 Å². The van der Waals surface area contributed by atoms with E-state index in [2.05, 4.69) is 4.98 Å². The van der Waals surface area contributed by atoms with Gasteiger partial charge in [0.05, 0.1) is 5.56 Å². The summed E-state index contributed by atoms with van der Waals surface area (Å²) in [7, 11) is 0. The van der Waals surface area contributed by atoms with Gasteiger partial charge in [-0.3, -0.25) is 4.98 Å². The van der Waals surface area contributed by atoms with Crippen molar-refractivity contribution in [2.75, 3.05) is 0 Å². The molecule has 5 heteroatoms. The zero-order valence-electron chi connectivity index (χ0n) is 10.1. The lowest BCUT2D eigenvalue weighted by Gasteiger charge is -2.17. The van der Waals surface area contributed by atoms with Crippen molar-refractivity contribution in [2.45, 2.75) is 19.2 Å². The molecule has 1 heterocycles. The molecule has 0 saturated heterocycles. The molecule has 2 aromatic rings. The molecule has 0 bridgehead atoms. The van der Waals surface area contributed by atoms with Crippen LogP contribution in [0.2, 0.25) is 0 Å². The Labute approximate surface area is 108 Å². The number of hydrogen-bond acceptors (Lipinski definition) is 2. The first kappa shape index (κ1) is 13.5. The Kier molecular flexibility index (Phi) is 3.57. The molecule has 1 aromatic carbocycles. The molecule has 2 nitrogen and oxygen atoms in total. The van der Waals surface area contributed by atoms with E-state index in [-0.39, 0.29) is 5.56 Å². The number of aryl methyl sites for hydroxylation is 1. The number of benzene rings is 1. The van der Waals surface area contributed by atoms with Crippen LogP contribution in [-0.2, 0) is 6.18 Å². The maximum Gasteiger partial charge on any atom is 0.416 e. The van der Waals surface area contributed by atoms with Crippen molar-refractivity contribution >= 4 is 0 Å². The highest BCUT2D eigenvalue weighted by Crippen LogP contribution is 2.35. The van der Waals surface area contributed by atoms with Gasteiger partial charge in [-0.25, -0.2) is 0 Å². The number of pyridine rings is 1. The minimum absolute atomic E-state index is 0.236. The van der Waals surface area contributed by atoms with E-state index in [9.17, 15) is 18.3 Å². The Morgan fingerprint density at radius 1 is 1.21 bits per heavy atom. The van der Waals surface area contributed by atoms with Crippen LogP contribution in [0.15, 0.2) is 42.7 Å². The minimum Gasteiger partial charge on any atom is -0.384 e. The van der Waals surface area contributed by atoms with E-state index in [1.165, 1.54) is 0 Å². The standard InChI is InChI=1S/C14H12F3NO/c1-9-3-2-4-10(7-9)13(19)11-8-18-6-5-12(11)14(15,16)17/h2-8,13,19H,1H3. The molecule has 0 aliphatic carbocycles. The summed E-state index contributed by atoms with van der Waals surface area (Å²) in [4.78, 5) is 3.67. The Morgan fingerprint density at radius 2 is 1.95 bits per heavy atom. The Bertz CT molecular complexity index is 581. The fourth-order valence-electron chi connectivity index (χ4n) is 1.90. The minimum atomic E-state index is -4.51. The predicted octanol–water partition coefficient (Wildman–Crippen LogP) is 3.49. The summed E-state index contributed by atoms with van der Waals surface area (Å²) in [5.41, 5.74) is 0.185. The number of hydrogen-bond donors (Lipinski definition) is 1. The van der Waals surface area contributed by atoms with Gasteiger partial charge in [-0.05, 0) is 18.6 Å². The molecule has 1 aromatic heterocycles. The van der Waals surface area contributed by atoms with Crippen molar-refractivity contribution in [3.63, 3.8) is 0 Å². The lowest BCUT2D eigenvalue weighted by molar-refractivity contribution is -0.139. The summed E-state index contributed by atoms with van der Waals surface area (Å²) in [6.45, 7) is 1.81. The zero-order chi connectivity index (χ0) is 14.0. The highest BCUT2D eigenvalue weighted by atomic mass is 19.4. The van der Waals surface area contributed by atoms with Gasteiger partial charge in [0, 0.05) is 18.0 Å². The summed E-state index contributed by atoms with van der Waals surface area (Å²) < 4.78 is 38.6. The van der Waals surface area contributed by atoms with Crippen molar-refractivity contribution in [1.82, 2.24) is 4.98 Å². The van der Waals surface area contributed by atoms with Gasteiger partial charge < -0.3 is 5.11 Å². The van der Waals surface area contributed by atoms with Crippen LogP contribution in [0, 0.1) is 6.92 Å². The summed E-state index contributed by atoms with van der Waals surface area (Å²) in [5.74, 6) is 0. The van der Waals surface area contributed by atoms with Crippen molar-refractivity contribution in [1.29, 1.82) is 0 Å². The van der Waals surface area contributed by atoms with Gasteiger partial charge >= 0.3 is 6.18 Å². The van der Waals surface area contributed by atoms with E-state index in [0.29, 0.717) is 5.56 Å². The van der Waals surface area contributed by atoms with Crippen LogP contribution in [0.3, 0.4) is 0 Å². The second kappa shape index (κ2) is 5.01. The van der Waals surface area contributed by atoms with Crippen molar-refractivity contribution in [2.24, 2.45) is 0 Å². The van der Waals surface area contributed by atoms with Gasteiger partial charge in [0.25, 0.3) is 0 Å². The molecule has 0 spiro atoms. The summed E-state index contributed by atoms with van der Waals surface area (Å²) in [6, 6.07) is 7.61. The number of halogens is 3. The van der Waals surface area contributed by atoms with Gasteiger partial charge in [-0.2, -0.15) is 13.2 Å². The molecule has 1 atom stereocenters. The van der Waals surface area contributed by atoms with Crippen LogP contribution in [-0.4, -0.2) is 10.1 Å². The largest absolute Gasteiger partial charge is 0.416 e. The SMILES string of the molecule is Cc1cccc(C(O)c2cnccc2C(F)(F)F)c1. The zero-order valence-corrected chi connectivity index (χ0v) is 10.1. The van der Waals surface area contributed by atoms with Crippen molar-refractivity contribution in [3.8, 4) is 0 Å². The highest BCUT2D eigenvalue weighted by Gasteiger charge is 2.35. The Balaban J connectivity index is 2.48. The number of aromatic nitrogens is 1. The molecule has 0 fully saturated rings. The fourth-order valence-corrected chi connectivity index (χ4v) is 1.90. The topological polar surface area (TPSA) is 33.1 Å². The first-order valence-corrected chi connectivity index (χ1v) is 5.65. The van der Waals surface area contributed by atoms with Gasteiger partial charge in [0.1, 0.15) is 6.10 Å². The molecule has 2 rings (SSSR count). The summed E-state index contributed by atoms with van der Waals surface area (Å²) in [5, 5.41) is 10.1. The van der Waals surface area contributed by atoms with Crippen LogP contribution in [0.4, 0.5) is 13.2 Å². The van der Waals surface area contributed by atoms with E-state index < -0.39 is 17.8 Å². The number of aliphatic hydroxyl groups excluding tert-OH is 1. The molecular weight excluding hydrogens is 255 g/mol. The molecular formula is C14H12F3NO. The van der Waals surface area contributed by atoms with E-state index in [1.807, 2.05) is 13.0 Å². The van der Waals surface area contributed by atoms with E-state index in [0.717, 1.165) is 24.0 Å². The summed E-state index contributed by atoms with van der Waals surface area (Å²) >= 11 is 0. The lowest BCUT2D eigenvalue weighted by Crippen LogP contribution is -2.13. The van der Waals surface area contributed by atoms with E-state index in [4.69, 9.17) is 0 Å². The third-order valence-electron chi connectivity index (χ3n) is 2.81. The second-order valence-corrected chi connectivity index (χ2v) is 4.28. The first-order chi connectivity index (χ1) is 8.89. The number of aliphatic hydroxyl groups is 1. The lowest BCUT2D eigenvalue weighted by atomic mass is 9.97. The monoisotopic (exact) mass is 267 g/mol. The van der Waals surface area contributed by atoms with E-state index >= 15 is 0 Å². The molecule has 0 amide bonds. The van der Waals surface area contributed by atoms with Crippen LogP contribution >= 0.6 is 0 Å². The average Bonchev–Trinajstić information content (AvgIpc) is 2.37. The van der Waals surface area contributed by atoms with Gasteiger partial charge in [-0.1, -0.05) is 29.8 Å². The van der Waals surface area contributed by atoms with Gasteiger partial charge in [0.15, 0.2) is 0 Å². The first-order valence-electron chi connectivity index (χ1n) is 5.65. The third-order valence-corrected chi connectivity index (χ3v) is 2.81. The predicted molar refractivity (Wildman–Crippen MR) is 64.5 cm³/mol. The third kappa shape index (κ3) is 2.93. The van der Waals surface area contributed by atoms with Crippen LogP contribution in [0.25, 0.3) is 0 Å². The number of nitrogens with zero attached hydrogens (tertiary/aromatic N) is 1. The molecule has 0 saturated carbocycles. The smallest absolute Gasteiger partial charge is 0.384 e. The summed E-state index contributed by atoms with van der Waals surface area (Å²) in [6.07, 6.45) is -3.74. The second-order valence-electron chi connectivity index (χ2n) is 4.28. The Morgan fingerprint density at radius 3 is 2.58 bits per heavy atom. The molecule has 1 unspecified atom stereocenters. The highest BCUT2D eigenvalue weighted by molar-refractivity contribution is 5.36. The average molecular weight is 267 g/mol. The van der Waals surface area contributed by atoms with Gasteiger partial charge in [0.2, 0.25) is 0 Å². The maximum atomic E-state index is 12.9. The molecule has 0 aliphatic heterocycles. The van der Waals surface area contributed by atoms with Crippen molar-refractivity contribution < 1.29 is 18.3 Å². The molecule has 0 aliphatic rings. The number of rotatable bonds is 2. The molecule has 0 radical (unpaired) electrons. The molecule has 1 N–H and O–H groups in total. The van der Waals surface area contributed by atoms with Gasteiger partial charge in [-0.15, -0.1) is 0 Å². The fraction of sp³-hybridized carbons (Fsp3) is 0.214. The van der Waals surface area contributed by atoms with Crippen LogP contribution in [0.5, 0.6) is 0 Å². The maximum absolute atomic E-state index is 12.9. The Hall–Kier alpha value is -1.88. The quantitative estimate of drug-likeness (QED) is 0.903. The normalized spacial score (nSPS) is 13.3. The molecule has 19 heavy (non-hydrogen) atoms. The number of alkyl halides is 3.